The van der Waals surface area contributed by atoms with Gasteiger partial charge in [0.15, 0.2) is 0 Å². The van der Waals surface area contributed by atoms with Gasteiger partial charge in [-0.1, -0.05) is 11.8 Å². The molecule has 29 heavy (non-hydrogen) atoms. The Balaban J connectivity index is 1.66. The highest BCUT2D eigenvalue weighted by Crippen LogP contribution is 2.32. The maximum atomic E-state index is 12.4. The minimum Gasteiger partial charge on any atom is -0.497 e. The summed E-state index contributed by atoms with van der Waals surface area (Å²) in [6.07, 6.45) is -0.126. The first kappa shape index (κ1) is 20.3. The zero-order valence-electron chi connectivity index (χ0n) is 15.6. The van der Waals surface area contributed by atoms with E-state index in [4.69, 9.17) is 9.47 Å². The van der Waals surface area contributed by atoms with Gasteiger partial charge in [0.2, 0.25) is 5.91 Å². The molecule has 150 valence electrons. The molecule has 1 aliphatic heterocycles. The summed E-state index contributed by atoms with van der Waals surface area (Å²) in [6, 6.07) is 11.0. The molecule has 2 aromatic rings. The molecule has 0 aliphatic carbocycles. The number of nitro groups is 1. The van der Waals surface area contributed by atoms with Crippen molar-refractivity contribution in [2.75, 3.05) is 19.5 Å². The number of methoxy groups -OCH3 is 2. The highest BCUT2D eigenvalue weighted by molar-refractivity contribution is 8.16. The summed E-state index contributed by atoms with van der Waals surface area (Å²) in [5, 5.41) is 13.4. The van der Waals surface area contributed by atoms with Crippen LogP contribution in [0.25, 0.3) is 0 Å². The molecular weight excluding hydrogens is 398 g/mol. The van der Waals surface area contributed by atoms with Gasteiger partial charge in [-0.15, -0.1) is 0 Å². The number of nitrogens with zero attached hydrogens (tertiary/aromatic N) is 2. The smallest absolute Gasteiger partial charge is 0.271 e. The number of non-ortho nitro benzene ring substituents is 1. The third kappa shape index (κ3) is 4.72. The summed E-state index contributed by atoms with van der Waals surface area (Å²) in [5.74, 6) is 0.0952. The lowest BCUT2D eigenvalue weighted by atomic mass is 10.2. The van der Waals surface area contributed by atoms with Gasteiger partial charge in [0, 0.05) is 24.1 Å². The molecule has 2 amide bonds. The van der Waals surface area contributed by atoms with Crippen molar-refractivity contribution in [1.29, 1.82) is 0 Å². The third-order valence-electron chi connectivity index (χ3n) is 4.12. The average molecular weight is 415 g/mol. The molecule has 1 unspecified atom stereocenters. The van der Waals surface area contributed by atoms with Gasteiger partial charge in [-0.2, -0.15) is 0 Å². The first-order valence-corrected chi connectivity index (χ1v) is 9.35. The van der Waals surface area contributed by atoms with Crippen LogP contribution in [0, 0.1) is 10.1 Å². The molecule has 0 bridgehead atoms. The first-order valence-electron chi connectivity index (χ1n) is 8.47. The van der Waals surface area contributed by atoms with Crippen molar-refractivity contribution in [3.63, 3.8) is 0 Å². The average Bonchev–Trinajstić information content (AvgIpc) is 3.08. The van der Waals surface area contributed by atoms with Crippen molar-refractivity contribution in [3.05, 3.63) is 58.1 Å². The van der Waals surface area contributed by atoms with E-state index in [9.17, 15) is 19.7 Å². The SMILES string of the molecule is COc1ccc(C2=NC(=O)C(CC(=O)Nc3cc([N+](=O)[O-])ccc3OC)S2)cc1. The molecule has 3 rings (SSSR count). The van der Waals surface area contributed by atoms with Crippen molar-refractivity contribution in [2.45, 2.75) is 11.7 Å². The van der Waals surface area contributed by atoms with E-state index in [0.717, 1.165) is 5.56 Å². The second kappa shape index (κ2) is 8.74. The van der Waals surface area contributed by atoms with Crippen LogP contribution in [0.1, 0.15) is 12.0 Å². The van der Waals surface area contributed by atoms with Gasteiger partial charge < -0.3 is 14.8 Å². The molecule has 0 fully saturated rings. The van der Waals surface area contributed by atoms with Crippen molar-refractivity contribution >= 4 is 40.0 Å². The number of rotatable bonds is 7. The van der Waals surface area contributed by atoms with Gasteiger partial charge in [0.25, 0.3) is 11.6 Å². The number of benzene rings is 2. The Hall–Kier alpha value is -3.40. The zero-order chi connectivity index (χ0) is 21.0. The van der Waals surface area contributed by atoms with Gasteiger partial charge in [0.05, 0.1) is 24.8 Å². The minimum atomic E-state index is -0.670. The number of ether oxygens (including phenoxy) is 2. The summed E-state index contributed by atoms with van der Waals surface area (Å²) in [5.41, 5.74) is 0.739. The molecule has 1 heterocycles. The quantitative estimate of drug-likeness (QED) is 0.545. The van der Waals surface area contributed by atoms with E-state index in [1.54, 1.807) is 31.4 Å². The minimum absolute atomic E-state index is 0.126. The largest absolute Gasteiger partial charge is 0.497 e. The second-order valence-corrected chi connectivity index (χ2v) is 7.18. The number of aliphatic imine (C=N–C) groups is 1. The van der Waals surface area contributed by atoms with E-state index in [-0.39, 0.29) is 23.5 Å². The summed E-state index contributed by atoms with van der Waals surface area (Å²) in [6.45, 7) is 0. The predicted octanol–water partition coefficient (Wildman–Crippen LogP) is 3.03. The topological polar surface area (TPSA) is 120 Å². The molecule has 2 aromatic carbocycles. The number of nitro benzene ring substituents is 1. The van der Waals surface area contributed by atoms with Crippen LogP contribution in [0.2, 0.25) is 0 Å². The number of thioether (sulfide) groups is 1. The molecule has 0 saturated carbocycles. The summed E-state index contributed by atoms with van der Waals surface area (Å²) < 4.78 is 10.2. The molecule has 1 N–H and O–H groups in total. The maximum absolute atomic E-state index is 12.4. The van der Waals surface area contributed by atoms with Crippen LogP contribution >= 0.6 is 11.8 Å². The lowest BCUT2D eigenvalue weighted by Gasteiger charge is -2.11. The highest BCUT2D eigenvalue weighted by Gasteiger charge is 2.31. The Bertz CT molecular complexity index is 990. The first-order chi connectivity index (χ1) is 13.9. The van der Waals surface area contributed by atoms with Crippen LogP contribution in [0.4, 0.5) is 11.4 Å². The molecule has 0 radical (unpaired) electrons. The molecule has 0 aromatic heterocycles. The number of hydrogen-bond donors (Lipinski definition) is 1. The second-order valence-electron chi connectivity index (χ2n) is 5.98. The van der Waals surface area contributed by atoms with Crippen LogP contribution in [0.5, 0.6) is 11.5 Å². The Kier molecular flexibility index (Phi) is 6.13. The number of anilines is 1. The van der Waals surface area contributed by atoms with Gasteiger partial charge in [-0.25, -0.2) is 4.99 Å². The van der Waals surface area contributed by atoms with Crippen molar-refractivity contribution in [2.24, 2.45) is 4.99 Å². The summed E-state index contributed by atoms with van der Waals surface area (Å²) in [4.78, 5) is 39.0. The Labute approximate surface area is 170 Å². The van der Waals surface area contributed by atoms with Crippen LogP contribution in [0.15, 0.2) is 47.5 Å². The number of carbonyl (C=O) groups excluding carboxylic acids is 2. The zero-order valence-corrected chi connectivity index (χ0v) is 16.4. The lowest BCUT2D eigenvalue weighted by molar-refractivity contribution is -0.384. The number of amides is 2. The fraction of sp³-hybridized carbons (Fsp3) is 0.211. The highest BCUT2D eigenvalue weighted by atomic mass is 32.2. The molecule has 1 atom stereocenters. The van der Waals surface area contributed by atoms with E-state index in [1.165, 1.54) is 37.1 Å². The van der Waals surface area contributed by atoms with E-state index in [2.05, 4.69) is 10.3 Å². The van der Waals surface area contributed by atoms with Crippen LogP contribution < -0.4 is 14.8 Å². The van der Waals surface area contributed by atoms with Crippen molar-refractivity contribution in [1.82, 2.24) is 0 Å². The van der Waals surface area contributed by atoms with E-state index in [0.29, 0.717) is 10.8 Å². The maximum Gasteiger partial charge on any atom is 0.271 e. The summed E-state index contributed by atoms with van der Waals surface area (Å²) >= 11 is 1.20. The van der Waals surface area contributed by atoms with Gasteiger partial charge in [-0.3, -0.25) is 19.7 Å². The van der Waals surface area contributed by atoms with E-state index >= 15 is 0 Å². The number of hydrogen-bond acceptors (Lipinski definition) is 7. The van der Waals surface area contributed by atoms with Gasteiger partial charge >= 0.3 is 0 Å². The Morgan fingerprint density at radius 3 is 2.55 bits per heavy atom. The molecular formula is C19H17N3O6S. The monoisotopic (exact) mass is 415 g/mol. The Morgan fingerprint density at radius 2 is 1.93 bits per heavy atom. The van der Waals surface area contributed by atoms with Gasteiger partial charge in [-0.05, 0) is 30.3 Å². The standard InChI is InChI=1S/C19H17N3O6S/c1-27-13-6-3-11(4-7-13)19-21-18(24)16(29-19)10-17(23)20-14-9-12(22(25)26)5-8-15(14)28-2/h3-9,16H,10H2,1-2H3,(H,20,23). The number of nitrogens with one attached hydrogen (secondary N) is 1. The van der Waals surface area contributed by atoms with E-state index in [1.807, 2.05) is 0 Å². The molecule has 0 saturated heterocycles. The molecule has 0 spiro atoms. The summed E-state index contributed by atoms with van der Waals surface area (Å²) in [7, 11) is 2.95. The third-order valence-corrected chi connectivity index (χ3v) is 5.32. The molecule has 1 aliphatic rings. The molecule has 10 heteroatoms. The van der Waals surface area contributed by atoms with Crippen LogP contribution in [0.3, 0.4) is 0 Å². The van der Waals surface area contributed by atoms with Crippen molar-refractivity contribution < 1.29 is 24.0 Å². The van der Waals surface area contributed by atoms with Crippen LogP contribution in [-0.2, 0) is 9.59 Å². The predicted molar refractivity (Wildman–Crippen MR) is 109 cm³/mol. The Morgan fingerprint density at radius 1 is 1.21 bits per heavy atom. The fourth-order valence-corrected chi connectivity index (χ4v) is 3.73. The van der Waals surface area contributed by atoms with Crippen LogP contribution in [-0.4, -0.2) is 41.3 Å². The normalized spacial score (nSPS) is 15.6. The molecule has 9 nitrogen and oxygen atoms in total. The van der Waals surface area contributed by atoms with Gasteiger partial charge in [0.1, 0.15) is 21.8 Å². The van der Waals surface area contributed by atoms with E-state index < -0.39 is 22.0 Å². The van der Waals surface area contributed by atoms with Crippen molar-refractivity contribution in [3.8, 4) is 11.5 Å². The lowest BCUT2D eigenvalue weighted by Crippen LogP contribution is -2.21. The fourth-order valence-electron chi connectivity index (χ4n) is 2.66. The number of carbonyl (C=O) groups is 2.